The number of aromatic nitrogens is 1. The lowest BCUT2D eigenvalue weighted by molar-refractivity contribution is -0.118. The molecule has 6 heteroatoms. The van der Waals surface area contributed by atoms with Gasteiger partial charge in [0, 0.05) is 15.4 Å². The quantitative estimate of drug-likeness (QED) is 0.544. The van der Waals surface area contributed by atoms with E-state index >= 15 is 0 Å². The maximum absolute atomic E-state index is 12.1. The third-order valence-electron chi connectivity index (χ3n) is 3.79. The van der Waals surface area contributed by atoms with Crippen LogP contribution < -0.4 is 10.1 Å². The van der Waals surface area contributed by atoms with Gasteiger partial charge in [0.25, 0.3) is 5.91 Å². The smallest absolute Gasteiger partial charge is 0.264 e. The lowest BCUT2D eigenvalue weighted by atomic mass is 10.0. The van der Waals surface area contributed by atoms with Crippen LogP contribution in [0.5, 0.6) is 5.75 Å². The number of ether oxygens (including phenoxy) is 1. The molecule has 0 aliphatic heterocycles. The van der Waals surface area contributed by atoms with Crippen molar-refractivity contribution in [2.24, 2.45) is 0 Å². The molecule has 0 fully saturated rings. The maximum Gasteiger partial charge on any atom is 0.264 e. The number of carbonyl (C=O) groups is 1. The SMILES string of the molecule is CC(C)c1cccc(OCC(=O)Nc2nc(-c3ccc(Br)cc3)cs2)c1. The number of anilines is 1. The Kier molecular flexibility index (Phi) is 6.06. The molecule has 26 heavy (non-hydrogen) atoms. The second-order valence-corrected chi connectivity index (χ2v) is 7.88. The fourth-order valence-electron chi connectivity index (χ4n) is 2.35. The summed E-state index contributed by atoms with van der Waals surface area (Å²) in [5.41, 5.74) is 3.03. The Balaban J connectivity index is 1.57. The largest absolute Gasteiger partial charge is 0.484 e. The summed E-state index contributed by atoms with van der Waals surface area (Å²) in [5, 5.41) is 5.27. The molecule has 0 unspecified atom stereocenters. The van der Waals surface area contributed by atoms with E-state index in [1.165, 1.54) is 16.9 Å². The first-order valence-corrected chi connectivity index (χ1v) is 9.92. The van der Waals surface area contributed by atoms with Gasteiger partial charge in [-0.3, -0.25) is 10.1 Å². The van der Waals surface area contributed by atoms with Crippen LogP contribution in [0.4, 0.5) is 5.13 Å². The third-order valence-corrected chi connectivity index (χ3v) is 5.07. The Hall–Kier alpha value is -2.18. The fourth-order valence-corrected chi connectivity index (χ4v) is 3.35. The summed E-state index contributed by atoms with van der Waals surface area (Å²) in [7, 11) is 0. The highest BCUT2D eigenvalue weighted by Gasteiger charge is 2.09. The Morgan fingerprint density at radius 2 is 2.00 bits per heavy atom. The molecule has 134 valence electrons. The summed E-state index contributed by atoms with van der Waals surface area (Å²) in [6, 6.07) is 15.7. The lowest BCUT2D eigenvalue weighted by Gasteiger charge is -2.09. The normalized spacial score (nSPS) is 10.8. The van der Waals surface area contributed by atoms with Gasteiger partial charge in [-0.1, -0.05) is 54.0 Å². The molecular formula is C20H19BrN2O2S. The van der Waals surface area contributed by atoms with E-state index in [0.29, 0.717) is 16.8 Å². The number of halogens is 1. The first-order valence-electron chi connectivity index (χ1n) is 8.25. The summed E-state index contributed by atoms with van der Waals surface area (Å²) >= 11 is 4.81. The van der Waals surface area contributed by atoms with Crippen LogP contribution in [0.1, 0.15) is 25.3 Å². The summed E-state index contributed by atoms with van der Waals surface area (Å²) in [6.07, 6.45) is 0. The van der Waals surface area contributed by atoms with Gasteiger partial charge in [-0.15, -0.1) is 11.3 Å². The molecule has 0 bridgehead atoms. The monoisotopic (exact) mass is 430 g/mol. The van der Waals surface area contributed by atoms with Gasteiger partial charge in [0.2, 0.25) is 0 Å². The van der Waals surface area contributed by atoms with E-state index in [0.717, 1.165) is 15.7 Å². The van der Waals surface area contributed by atoms with Crippen LogP contribution in [0.3, 0.4) is 0 Å². The van der Waals surface area contributed by atoms with Crippen molar-refractivity contribution in [2.45, 2.75) is 19.8 Å². The van der Waals surface area contributed by atoms with Crippen LogP contribution in [0.25, 0.3) is 11.3 Å². The molecule has 0 saturated carbocycles. The topological polar surface area (TPSA) is 51.2 Å². The summed E-state index contributed by atoms with van der Waals surface area (Å²) in [5.74, 6) is 0.887. The van der Waals surface area contributed by atoms with Gasteiger partial charge in [-0.05, 0) is 35.7 Å². The lowest BCUT2D eigenvalue weighted by Crippen LogP contribution is -2.20. The van der Waals surface area contributed by atoms with Crippen LogP contribution in [0.15, 0.2) is 58.4 Å². The molecule has 0 spiro atoms. The minimum atomic E-state index is -0.225. The van der Waals surface area contributed by atoms with E-state index in [4.69, 9.17) is 4.74 Å². The molecule has 1 N–H and O–H groups in total. The number of carbonyl (C=O) groups excluding carboxylic acids is 1. The highest BCUT2D eigenvalue weighted by atomic mass is 79.9. The minimum absolute atomic E-state index is 0.0469. The first-order chi connectivity index (χ1) is 12.5. The van der Waals surface area contributed by atoms with Crippen molar-refractivity contribution >= 4 is 38.3 Å². The van der Waals surface area contributed by atoms with Crippen LogP contribution in [-0.4, -0.2) is 17.5 Å². The van der Waals surface area contributed by atoms with E-state index in [1.807, 2.05) is 47.8 Å². The van der Waals surface area contributed by atoms with Gasteiger partial charge >= 0.3 is 0 Å². The second kappa shape index (κ2) is 8.47. The molecule has 1 heterocycles. The van der Waals surface area contributed by atoms with E-state index in [2.05, 4.69) is 46.1 Å². The van der Waals surface area contributed by atoms with Crippen molar-refractivity contribution in [2.75, 3.05) is 11.9 Å². The Morgan fingerprint density at radius 1 is 1.23 bits per heavy atom. The number of benzene rings is 2. The van der Waals surface area contributed by atoms with E-state index < -0.39 is 0 Å². The average Bonchev–Trinajstić information content (AvgIpc) is 3.09. The van der Waals surface area contributed by atoms with Crippen molar-refractivity contribution in [3.8, 4) is 17.0 Å². The number of nitrogens with zero attached hydrogens (tertiary/aromatic N) is 1. The van der Waals surface area contributed by atoms with Gasteiger partial charge in [-0.25, -0.2) is 4.98 Å². The predicted molar refractivity (Wildman–Crippen MR) is 110 cm³/mol. The zero-order chi connectivity index (χ0) is 18.5. The van der Waals surface area contributed by atoms with Gasteiger partial charge in [0.1, 0.15) is 5.75 Å². The summed E-state index contributed by atoms with van der Waals surface area (Å²) < 4.78 is 6.61. The summed E-state index contributed by atoms with van der Waals surface area (Å²) in [6.45, 7) is 4.20. The molecule has 0 radical (unpaired) electrons. The number of rotatable bonds is 6. The van der Waals surface area contributed by atoms with E-state index in [-0.39, 0.29) is 12.5 Å². The highest BCUT2D eigenvalue weighted by molar-refractivity contribution is 9.10. The number of hydrogen-bond donors (Lipinski definition) is 1. The van der Waals surface area contributed by atoms with Crippen LogP contribution in [0.2, 0.25) is 0 Å². The fraction of sp³-hybridized carbons (Fsp3) is 0.200. The van der Waals surface area contributed by atoms with Gasteiger partial charge in [-0.2, -0.15) is 0 Å². The molecule has 0 aliphatic carbocycles. The van der Waals surface area contributed by atoms with Crippen molar-refractivity contribution in [1.29, 1.82) is 0 Å². The zero-order valence-corrected chi connectivity index (χ0v) is 16.9. The number of nitrogens with one attached hydrogen (secondary N) is 1. The minimum Gasteiger partial charge on any atom is -0.484 e. The molecule has 1 amide bonds. The molecule has 0 atom stereocenters. The summed E-state index contributed by atoms with van der Waals surface area (Å²) in [4.78, 5) is 16.6. The molecule has 3 aromatic rings. The number of hydrogen-bond acceptors (Lipinski definition) is 4. The maximum atomic E-state index is 12.1. The van der Waals surface area contributed by atoms with Gasteiger partial charge in [0.15, 0.2) is 11.7 Å². The van der Waals surface area contributed by atoms with Gasteiger partial charge < -0.3 is 4.74 Å². The zero-order valence-electron chi connectivity index (χ0n) is 14.5. The Bertz CT molecular complexity index is 891. The average molecular weight is 431 g/mol. The predicted octanol–water partition coefficient (Wildman–Crippen LogP) is 5.71. The highest BCUT2D eigenvalue weighted by Crippen LogP contribution is 2.26. The Morgan fingerprint density at radius 3 is 2.73 bits per heavy atom. The molecular weight excluding hydrogens is 412 g/mol. The van der Waals surface area contributed by atoms with Gasteiger partial charge in [0.05, 0.1) is 5.69 Å². The molecule has 0 saturated heterocycles. The van der Waals surface area contributed by atoms with Crippen molar-refractivity contribution in [3.05, 3.63) is 63.9 Å². The second-order valence-electron chi connectivity index (χ2n) is 6.11. The number of thiazole rings is 1. The van der Waals surface area contributed by atoms with E-state index in [1.54, 1.807) is 0 Å². The molecule has 4 nitrogen and oxygen atoms in total. The molecule has 0 aliphatic rings. The van der Waals surface area contributed by atoms with Crippen LogP contribution >= 0.6 is 27.3 Å². The molecule has 3 rings (SSSR count). The first kappa shape index (κ1) is 18.6. The van der Waals surface area contributed by atoms with Crippen molar-refractivity contribution in [1.82, 2.24) is 4.98 Å². The van der Waals surface area contributed by atoms with Crippen molar-refractivity contribution < 1.29 is 9.53 Å². The van der Waals surface area contributed by atoms with Crippen LogP contribution in [0, 0.1) is 0 Å². The van der Waals surface area contributed by atoms with Crippen molar-refractivity contribution in [3.63, 3.8) is 0 Å². The van der Waals surface area contributed by atoms with E-state index in [9.17, 15) is 4.79 Å². The van der Waals surface area contributed by atoms with Crippen LogP contribution in [-0.2, 0) is 4.79 Å². The molecule has 2 aromatic carbocycles. The Labute approximate surface area is 165 Å². The third kappa shape index (κ3) is 4.93. The molecule has 1 aromatic heterocycles. The number of amides is 1. The standard InChI is InChI=1S/C20H19BrN2O2S/c1-13(2)15-4-3-5-17(10-15)25-11-19(24)23-20-22-18(12-26-20)14-6-8-16(21)9-7-14/h3-10,12-13H,11H2,1-2H3,(H,22,23,24).